The van der Waals surface area contributed by atoms with Crippen LogP contribution in [0.5, 0.6) is 0 Å². The largest absolute Gasteiger partial charge is 0.326 e. The number of hydrogen-bond acceptors (Lipinski definition) is 3. The highest BCUT2D eigenvalue weighted by Gasteiger charge is 2.25. The summed E-state index contributed by atoms with van der Waals surface area (Å²) in [5, 5.41) is 8.40. The molecule has 104 valence electrons. The van der Waals surface area contributed by atoms with Crippen LogP contribution < -0.4 is 10.5 Å². The summed E-state index contributed by atoms with van der Waals surface area (Å²) in [6.45, 7) is 2.18. The van der Waals surface area contributed by atoms with Crippen LogP contribution in [0, 0.1) is 11.8 Å². The molecule has 1 heterocycles. The van der Waals surface area contributed by atoms with Crippen molar-refractivity contribution in [2.45, 2.75) is 37.6 Å². The number of hydrogen-bond donors (Lipinski definition) is 2. The minimum atomic E-state index is -1.63. The average Bonchev–Trinajstić information content (AvgIpc) is 2.39. The standard InChI is InChI=1S/C13H19N3O2S/c1-9-3-2-4-10(7-9)13(17)16-11-5-6-15-12(8-11)19(14)18/h5-6,8-10H,2-4,7,14H2,1H3,(H,15,16,17). The zero-order chi connectivity index (χ0) is 13.8. The maximum Gasteiger partial charge on any atom is 0.227 e. The van der Waals surface area contributed by atoms with E-state index in [2.05, 4.69) is 17.2 Å². The molecule has 2 rings (SSSR count). The molecule has 0 spiro atoms. The van der Waals surface area contributed by atoms with E-state index in [1.54, 1.807) is 12.1 Å². The lowest BCUT2D eigenvalue weighted by Gasteiger charge is -2.25. The van der Waals surface area contributed by atoms with Gasteiger partial charge in [-0.25, -0.2) is 14.3 Å². The van der Waals surface area contributed by atoms with Gasteiger partial charge in [-0.3, -0.25) is 4.79 Å². The Balaban J connectivity index is 2.02. The molecule has 6 heteroatoms. The first-order valence-corrected chi connectivity index (χ1v) is 7.70. The summed E-state index contributed by atoms with van der Waals surface area (Å²) in [6.07, 6.45) is 5.69. The summed E-state index contributed by atoms with van der Waals surface area (Å²) in [5.74, 6) is 0.712. The van der Waals surface area contributed by atoms with Crippen molar-refractivity contribution in [3.63, 3.8) is 0 Å². The van der Waals surface area contributed by atoms with Crippen LogP contribution in [0.1, 0.15) is 32.6 Å². The van der Waals surface area contributed by atoms with Gasteiger partial charge in [0, 0.05) is 17.8 Å². The molecule has 3 N–H and O–H groups in total. The summed E-state index contributed by atoms with van der Waals surface area (Å²) < 4.78 is 11.1. The number of nitrogens with two attached hydrogens (primary N) is 1. The predicted octanol–water partition coefficient (Wildman–Crippen LogP) is 1.83. The quantitative estimate of drug-likeness (QED) is 0.886. The van der Waals surface area contributed by atoms with Crippen LogP contribution >= 0.6 is 0 Å². The van der Waals surface area contributed by atoms with Crippen LogP contribution in [0.25, 0.3) is 0 Å². The first kappa shape index (κ1) is 14.1. The summed E-state index contributed by atoms with van der Waals surface area (Å²) in [4.78, 5) is 16.0. The summed E-state index contributed by atoms with van der Waals surface area (Å²) >= 11 is 0. The Labute approximate surface area is 115 Å². The summed E-state index contributed by atoms with van der Waals surface area (Å²) in [5.41, 5.74) is 0.604. The molecule has 1 aromatic heterocycles. The fourth-order valence-corrected chi connectivity index (χ4v) is 2.92. The van der Waals surface area contributed by atoms with Crippen molar-refractivity contribution in [1.82, 2.24) is 4.98 Å². The number of amides is 1. The Kier molecular flexibility index (Phi) is 4.66. The summed E-state index contributed by atoms with van der Waals surface area (Å²) in [6, 6.07) is 3.24. The molecule has 0 aromatic carbocycles. The van der Waals surface area contributed by atoms with Crippen molar-refractivity contribution in [3.8, 4) is 0 Å². The highest BCUT2D eigenvalue weighted by Crippen LogP contribution is 2.29. The van der Waals surface area contributed by atoms with Crippen LogP contribution in [0.15, 0.2) is 23.4 Å². The van der Waals surface area contributed by atoms with Gasteiger partial charge in [-0.15, -0.1) is 0 Å². The second-order valence-corrected chi connectivity index (χ2v) is 6.15. The monoisotopic (exact) mass is 281 g/mol. The van der Waals surface area contributed by atoms with E-state index in [4.69, 9.17) is 5.14 Å². The van der Waals surface area contributed by atoms with Gasteiger partial charge in [0.05, 0.1) is 0 Å². The van der Waals surface area contributed by atoms with Gasteiger partial charge >= 0.3 is 0 Å². The molecule has 3 atom stereocenters. The number of anilines is 1. The molecule has 0 radical (unpaired) electrons. The van der Waals surface area contributed by atoms with E-state index in [1.165, 1.54) is 12.6 Å². The van der Waals surface area contributed by atoms with Crippen LogP contribution in [0.4, 0.5) is 5.69 Å². The minimum absolute atomic E-state index is 0.0338. The second-order valence-electron chi connectivity index (χ2n) is 5.14. The molecule has 19 heavy (non-hydrogen) atoms. The Morgan fingerprint density at radius 2 is 2.32 bits per heavy atom. The Morgan fingerprint density at radius 1 is 1.53 bits per heavy atom. The number of pyridine rings is 1. The number of carbonyl (C=O) groups is 1. The lowest BCUT2D eigenvalue weighted by Crippen LogP contribution is -2.27. The molecule has 1 amide bonds. The molecule has 1 fully saturated rings. The van der Waals surface area contributed by atoms with Crippen molar-refractivity contribution >= 4 is 22.6 Å². The van der Waals surface area contributed by atoms with Gasteiger partial charge in [0.2, 0.25) is 5.91 Å². The number of rotatable bonds is 3. The van der Waals surface area contributed by atoms with Crippen molar-refractivity contribution in [2.24, 2.45) is 17.0 Å². The normalized spacial score (nSPS) is 24.7. The SMILES string of the molecule is CC1CCCC(C(=O)Nc2ccnc(S(N)=O)c2)C1. The third-order valence-electron chi connectivity index (χ3n) is 3.52. The van der Waals surface area contributed by atoms with Gasteiger partial charge < -0.3 is 5.32 Å². The predicted molar refractivity (Wildman–Crippen MR) is 74.6 cm³/mol. The van der Waals surface area contributed by atoms with Gasteiger partial charge in [-0.05, 0) is 30.9 Å². The fourth-order valence-electron chi connectivity index (χ4n) is 2.51. The van der Waals surface area contributed by atoms with Crippen LogP contribution in [-0.2, 0) is 15.8 Å². The maximum atomic E-state index is 12.2. The number of nitrogens with zero attached hydrogens (tertiary/aromatic N) is 1. The Hall–Kier alpha value is -1.27. The molecule has 0 saturated heterocycles. The lowest BCUT2D eigenvalue weighted by atomic mass is 9.82. The van der Waals surface area contributed by atoms with Gasteiger partial charge in [0.25, 0.3) is 0 Å². The van der Waals surface area contributed by atoms with E-state index in [-0.39, 0.29) is 16.9 Å². The van der Waals surface area contributed by atoms with Crippen molar-refractivity contribution < 1.29 is 9.00 Å². The zero-order valence-electron chi connectivity index (χ0n) is 11.0. The summed E-state index contributed by atoms with van der Waals surface area (Å²) in [7, 11) is -1.63. The Morgan fingerprint density at radius 3 is 3.00 bits per heavy atom. The molecule has 1 aliphatic rings. The molecule has 1 aromatic rings. The number of aromatic nitrogens is 1. The van der Waals surface area contributed by atoms with Crippen LogP contribution in [0.2, 0.25) is 0 Å². The van der Waals surface area contributed by atoms with Gasteiger partial charge in [0.15, 0.2) is 0 Å². The third kappa shape index (κ3) is 3.84. The average molecular weight is 281 g/mol. The molecule has 1 saturated carbocycles. The minimum Gasteiger partial charge on any atom is -0.326 e. The van der Waals surface area contributed by atoms with E-state index in [0.717, 1.165) is 19.3 Å². The van der Waals surface area contributed by atoms with Gasteiger partial charge in [-0.2, -0.15) is 0 Å². The van der Waals surface area contributed by atoms with Crippen molar-refractivity contribution in [2.75, 3.05) is 5.32 Å². The number of carbonyl (C=O) groups excluding carboxylic acids is 1. The molecule has 0 bridgehead atoms. The number of nitrogens with one attached hydrogen (secondary N) is 1. The van der Waals surface area contributed by atoms with E-state index in [0.29, 0.717) is 11.6 Å². The maximum absolute atomic E-state index is 12.2. The Bertz CT molecular complexity index is 493. The van der Waals surface area contributed by atoms with E-state index in [1.807, 2.05) is 0 Å². The third-order valence-corrected chi connectivity index (χ3v) is 4.15. The van der Waals surface area contributed by atoms with Crippen molar-refractivity contribution in [1.29, 1.82) is 0 Å². The molecule has 5 nitrogen and oxygen atoms in total. The lowest BCUT2D eigenvalue weighted by molar-refractivity contribution is -0.121. The van der Waals surface area contributed by atoms with Gasteiger partial charge in [0.1, 0.15) is 16.0 Å². The second kappa shape index (κ2) is 6.25. The van der Waals surface area contributed by atoms with E-state index >= 15 is 0 Å². The van der Waals surface area contributed by atoms with Crippen LogP contribution in [-0.4, -0.2) is 15.1 Å². The smallest absolute Gasteiger partial charge is 0.227 e. The van der Waals surface area contributed by atoms with E-state index in [9.17, 15) is 9.00 Å². The highest BCUT2D eigenvalue weighted by atomic mass is 32.2. The first-order chi connectivity index (χ1) is 9.06. The molecular formula is C13H19N3O2S. The molecule has 0 aliphatic heterocycles. The van der Waals surface area contributed by atoms with Crippen LogP contribution in [0.3, 0.4) is 0 Å². The molecule has 1 aliphatic carbocycles. The zero-order valence-corrected chi connectivity index (χ0v) is 11.8. The van der Waals surface area contributed by atoms with E-state index < -0.39 is 11.0 Å². The molecular weight excluding hydrogens is 262 g/mol. The fraction of sp³-hybridized carbons (Fsp3) is 0.538. The topological polar surface area (TPSA) is 85.1 Å². The first-order valence-electron chi connectivity index (χ1n) is 6.49. The highest BCUT2D eigenvalue weighted by molar-refractivity contribution is 7.82. The molecule has 3 unspecified atom stereocenters. The van der Waals surface area contributed by atoms with Gasteiger partial charge in [-0.1, -0.05) is 19.8 Å². The van der Waals surface area contributed by atoms with Crippen molar-refractivity contribution in [3.05, 3.63) is 18.3 Å².